The average Bonchev–Trinajstić information content (AvgIpc) is 3.62. The quantitative estimate of drug-likeness (QED) is 0.193. The Morgan fingerprint density at radius 3 is 1.37 bits per heavy atom. The molecule has 9 rings (SSSR count). The van der Waals surface area contributed by atoms with E-state index in [0.717, 1.165) is 66.8 Å². The van der Waals surface area contributed by atoms with Crippen LogP contribution in [0.1, 0.15) is 0 Å². The molecule has 4 heterocycles. The van der Waals surface area contributed by atoms with Gasteiger partial charge in [0, 0.05) is 22.4 Å². The number of rotatable bonds is 6. The maximum atomic E-state index is 5.60. The van der Waals surface area contributed by atoms with Crippen LogP contribution in [0.15, 0.2) is 170 Å². The monoisotopic (exact) mass is 592 g/mol. The van der Waals surface area contributed by atoms with Crippen molar-refractivity contribution >= 4 is 66.8 Å². The largest absolute Gasteiger partial charge is 0.254 e. The summed E-state index contributed by atoms with van der Waals surface area (Å²) in [6.45, 7) is 0. The summed E-state index contributed by atoms with van der Waals surface area (Å²) in [6, 6.07) is 56.8. The van der Waals surface area contributed by atoms with Crippen LogP contribution in [0.4, 0.5) is 22.7 Å². The van der Waals surface area contributed by atoms with Crippen molar-refractivity contribution < 1.29 is 0 Å². The van der Waals surface area contributed by atoms with Crippen LogP contribution in [-0.2, 0) is 0 Å². The summed E-state index contributed by atoms with van der Waals surface area (Å²) < 4.78 is 4.46. The molecule has 0 amide bonds. The zero-order valence-electron chi connectivity index (χ0n) is 24.8. The molecule has 0 atom stereocenters. The lowest BCUT2D eigenvalue weighted by molar-refractivity contribution is 0.856. The number of aromatic nitrogens is 4. The fourth-order valence-corrected chi connectivity index (χ4v) is 6.52. The first-order valence-corrected chi connectivity index (χ1v) is 15.4. The second kappa shape index (κ2) is 10.6. The third-order valence-corrected chi connectivity index (χ3v) is 8.48. The van der Waals surface area contributed by atoms with Crippen molar-refractivity contribution in [3.63, 3.8) is 0 Å². The molecule has 0 spiro atoms. The SMILES string of the molecule is c1ccc(N(c2ccccc2)n2c3ccccc3c3cc4c5ncccc5n(N(c5ccccc5)c5ccccc5)c4nc32)cc1. The predicted molar refractivity (Wildman–Crippen MR) is 189 cm³/mol. The highest BCUT2D eigenvalue weighted by Crippen LogP contribution is 2.39. The van der Waals surface area contributed by atoms with Crippen LogP contribution in [0.2, 0.25) is 0 Å². The Bertz CT molecular complexity index is 2220. The normalized spacial score (nSPS) is 11.5. The summed E-state index contributed by atoms with van der Waals surface area (Å²) in [7, 11) is 0. The number of pyridine rings is 2. The van der Waals surface area contributed by atoms with Gasteiger partial charge < -0.3 is 0 Å². The van der Waals surface area contributed by atoms with Crippen LogP contribution >= 0.6 is 0 Å². The average molecular weight is 593 g/mol. The Morgan fingerprint density at radius 2 is 0.826 bits per heavy atom. The zero-order chi connectivity index (χ0) is 30.5. The minimum absolute atomic E-state index is 0.819. The number of hydrogen-bond acceptors (Lipinski definition) is 4. The van der Waals surface area contributed by atoms with E-state index in [1.807, 2.05) is 36.5 Å². The number of nitrogens with zero attached hydrogens (tertiary/aromatic N) is 6. The lowest BCUT2D eigenvalue weighted by Crippen LogP contribution is -2.25. The maximum Gasteiger partial charge on any atom is 0.164 e. The summed E-state index contributed by atoms with van der Waals surface area (Å²) in [4.78, 5) is 10.5. The molecule has 0 aliphatic heterocycles. The smallest absolute Gasteiger partial charge is 0.164 e. The number of fused-ring (bicyclic) bond motifs is 6. The molecule has 0 aliphatic rings. The lowest BCUT2D eigenvalue weighted by Gasteiger charge is -2.28. The molecule has 6 heteroatoms. The highest BCUT2D eigenvalue weighted by Gasteiger charge is 2.25. The molecular formula is C40H28N6. The van der Waals surface area contributed by atoms with Gasteiger partial charge in [-0.15, -0.1) is 0 Å². The Labute approximate surface area is 265 Å². The van der Waals surface area contributed by atoms with Gasteiger partial charge in [0.2, 0.25) is 0 Å². The highest BCUT2D eigenvalue weighted by atomic mass is 15.6. The molecule has 218 valence electrons. The second-order valence-corrected chi connectivity index (χ2v) is 11.2. The number of hydrogen-bond donors (Lipinski definition) is 0. The van der Waals surface area contributed by atoms with E-state index >= 15 is 0 Å². The van der Waals surface area contributed by atoms with Crippen LogP contribution in [0.3, 0.4) is 0 Å². The van der Waals surface area contributed by atoms with Crippen molar-refractivity contribution in [3.05, 3.63) is 170 Å². The van der Waals surface area contributed by atoms with E-state index in [-0.39, 0.29) is 0 Å². The van der Waals surface area contributed by atoms with Gasteiger partial charge in [0.1, 0.15) is 0 Å². The summed E-state index contributed by atoms with van der Waals surface area (Å²) >= 11 is 0. The molecule has 0 radical (unpaired) electrons. The topological polar surface area (TPSA) is 42.1 Å². The van der Waals surface area contributed by atoms with Crippen molar-refractivity contribution in [2.45, 2.75) is 0 Å². The van der Waals surface area contributed by atoms with E-state index < -0.39 is 0 Å². The summed E-state index contributed by atoms with van der Waals surface area (Å²) in [5.74, 6) is 0. The standard InChI is InChI=1S/C40H28N6/c1-5-16-29(17-6-1)43(30-18-7-2-8-19-30)45-36-25-14-13-24-33(36)34-28-35-38-37(26-15-27-41-38)46(40(35)42-39(34)45)44(31-20-9-3-10-21-31)32-22-11-4-12-23-32/h1-28H. The Morgan fingerprint density at radius 1 is 0.391 bits per heavy atom. The van der Waals surface area contributed by atoms with Gasteiger partial charge >= 0.3 is 0 Å². The predicted octanol–water partition coefficient (Wildman–Crippen LogP) is 9.90. The van der Waals surface area contributed by atoms with Gasteiger partial charge in [-0.1, -0.05) is 91.0 Å². The molecule has 0 N–H and O–H groups in total. The number of anilines is 4. The van der Waals surface area contributed by atoms with Gasteiger partial charge in [-0.2, -0.15) is 0 Å². The molecule has 0 bridgehead atoms. The van der Waals surface area contributed by atoms with Crippen LogP contribution in [0, 0.1) is 0 Å². The number of benzene rings is 5. The highest BCUT2D eigenvalue weighted by molar-refractivity contribution is 6.15. The molecule has 0 aliphatic carbocycles. The van der Waals surface area contributed by atoms with Crippen molar-refractivity contribution in [3.8, 4) is 0 Å². The Kier molecular flexibility index (Phi) is 6.03. The lowest BCUT2D eigenvalue weighted by atomic mass is 10.1. The first-order valence-electron chi connectivity index (χ1n) is 15.4. The minimum Gasteiger partial charge on any atom is -0.254 e. The Hall–Kier alpha value is -6.40. The van der Waals surface area contributed by atoms with Crippen molar-refractivity contribution in [2.24, 2.45) is 0 Å². The maximum absolute atomic E-state index is 5.60. The van der Waals surface area contributed by atoms with E-state index in [2.05, 4.69) is 153 Å². The molecule has 46 heavy (non-hydrogen) atoms. The van der Waals surface area contributed by atoms with E-state index in [0.29, 0.717) is 0 Å². The van der Waals surface area contributed by atoms with E-state index in [1.54, 1.807) is 0 Å². The molecule has 0 saturated carbocycles. The Balaban J connectivity index is 1.43. The van der Waals surface area contributed by atoms with E-state index in [9.17, 15) is 0 Å². The summed E-state index contributed by atoms with van der Waals surface area (Å²) in [6.07, 6.45) is 1.86. The van der Waals surface area contributed by atoms with E-state index in [4.69, 9.17) is 9.97 Å². The van der Waals surface area contributed by atoms with Gasteiger partial charge in [-0.3, -0.25) is 4.98 Å². The third kappa shape index (κ3) is 4.04. The van der Waals surface area contributed by atoms with Gasteiger partial charge in [0.25, 0.3) is 0 Å². The molecule has 9 aromatic rings. The first kappa shape index (κ1) is 26.0. The van der Waals surface area contributed by atoms with Gasteiger partial charge in [0.15, 0.2) is 11.3 Å². The molecule has 6 nitrogen and oxygen atoms in total. The van der Waals surface area contributed by atoms with E-state index in [1.165, 1.54) is 0 Å². The van der Waals surface area contributed by atoms with Crippen molar-refractivity contribution in [1.82, 2.24) is 19.3 Å². The fourth-order valence-electron chi connectivity index (χ4n) is 6.52. The molecule has 4 aromatic heterocycles. The van der Waals surface area contributed by atoms with Crippen LogP contribution < -0.4 is 10.0 Å². The van der Waals surface area contributed by atoms with Gasteiger partial charge in [0.05, 0.1) is 39.3 Å². The fraction of sp³-hybridized carbons (Fsp3) is 0. The molecular weight excluding hydrogens is 564 g/mol. The molecule has 5 aromatic carbocycles. The van der Waals surface area contributed by atoms with Crippen LogP contribution in [0.25, 0.3) is 44.0 Å². The first-order chi connectivity index (χ1) is 22.9. The molecule has 0 fully saturated rings. The third-order valence-electron chi connectivity index (χ3n) is 8.48. The summed E-state index contributed by atoms with van der Waals surface area (Å²) in [5.41, 5.74) is 8.74. The minimum atomic E-state index is 0.819. The second-order valence-electron chi connectivity index (χ2n) is 11.2. The van der Waals surface area contributed by atoms with Gasteiger partial charge in [-0.25, -0.2) is 24.4 Å². The summed E-state index contributed by atoms with van der Waals surface area (Å²) in [5, 5.41) is 7.67. The zero-order valence-corrected chi connectivity index (χ0v) is 24.8. The number of para-hydroxylation sites is 5. The van der Waals surface area contributed by atoms with Gasteiger partial charge in [-0.05, 0) is 72.8 Å². The molecule has 0 unspecified atom stereocenters. The van der Waals surface area contributed by atoms with Crippen molar-refractivity contribution in [2.75, 3.05) is 10.0 Å². The molecule has 0 saturated heterocycles. The van der Waals surface area contributed by atoms with Crippen molar-refractivity contribution in [1.29, 1.82) is 0 Å². The van der Waals surface area contributed by atoms with Crippen LogP contribution in [0.5, 0.6) is 0 Å². The van der Waals surface area contributed by atoms with Crippen LogP contribution in [-0.4, -0.2) is 19.3 Å².